The molecule has 152 valence electrons. The van der Waals surface area contributed by atoms with E-state index >= 15 is 0 Å². The fourth-order valence-corrected chi connectivity index (χ4v) is 3.89. The number of hydrogen-bond donors (Lipinski definition) is 1. The average Bonchev–Trinajstić information content (AvgIpc) is 3.16. The van der Waals surface area contributed by atoms with Crippen molar-refractivity contribution in [3.63, 3.8) is 0 Å². The maximum Gasteiger partial charge on any atom is 0.273 e. The second-order valence-corrected chi connectivity index (χ2v) is 7.70. The lowest BCUT2D eigenvalue weighted by Crippen LogP contribution is -2.27. The molecule has 0 unspecified atom stereocenters. The maximum absolute atomic E-state index is 13.3. The standard InChI is InChI=1S/C21H18FN5O2S/c1-26(11-14-6-3-2-4-7-14)21-25-19-18(30-21)20(29)27(13-23-19)12-17(28)24-16-9-5-8-15(22)10-16/h2-10,13H,11-12H2,1H3,(H,24,28). The Morgan fingerprint density at radius 2 is 2.00 bits per heavy atom. The fourth-order valence-electron chi connectivity index (χ4n) is 2.96. The topological polar surface area (TPSA) is 80.1 Å². The van der Waals surface area contributed by atoms with Crippen molar-refractivity contribution in [2.75, 3.05) is 17.3 Å². The number of benzene rings is 2. The van der Waals surface area contributed by atoms with Gasteiger partial charge in [0.25, 0.3) is 5.56 Å². The highest BCUT2D eigenvalue weighted by Crippen LogP contribution is 2.25. The molecule has 30 heavy (non-hydrogen) atoms. The van der Waals surface area contributed by atoms with Crippen LogP contribution in [0.5, 0.6) is 0 Å². The summed E-state index contributed by atoms with van der Waals surface area (Å²) in [5, 5.41) is 3.24. The number of fused-ring (bicyclic) bond motifs is 1. The molecule has 4 rings (SSSR count). The fraction of sp³-hybridized carbons (Fsp3) is 0.143. The number of rotatable bonds is 6. The highest BCUT2D eigenvalue weighted by atomic mass is 32.1. The van der Waals surface area contributed by atoms with Crippen molar-refractivity contribution in [2.24, 2.45) is 0 Å². The van der Waals surface area contributed by atoms with Crippen LogP contribution in [0, 0.1) is 5.82 Å². The summed E-state index contributed by atoms with van der Waals surface area (Å²) in [5.74, 6) is -0.903. The Bertz CT molecular complexity index is 1260. The maximum atomic E-state index is 13.3. The van der Waals surface area contributed by atoms with E-state index in [9.17, 15) is 14.0 Å². The molecule has 9 heteroatoms. The van der Waals surface area contributed by atoms with Crippen LogP contribution in [-0.2, 0) is 17.9 Å². The smallest absolute Gasteiger partial charge is 0.273 e. The Hall–Kier alpha value is -3.59. The predicted octanol–water partition coefficient (Wildman–Crippen LogP) is 3.27. The minimum atomic E-state index is -0.454. The molecule has 1 N–H and O–H groups in total. The zero-order valence-electron chi connectivity index (χ0n) is 16.1. The lowest BCUT2D eigenvalue weighted by atomic mass is 10.2. The first-order valence-corrected chi connectivity index (χ1v) is 9.98. The van der Waals surface area contributed by atoms with E-state index in [1.807, 2.05) is 42.3 Å². The Kier molecular flexibility index (Phi) is 5.53. The number of thiazole rings is 1. The van der Waals surface area contributed by atoms with E-state index in [1.165, 1.54) is 40.4 Å². The quantitative estimate of drug-likeness (QED) is 0.515. The summed E-state index contributed by atoms with van der Waals surface area (Å²) in [6.45, 7) is 0.413. The summed E-state index contributed by atoms with van der Waals surface area (Å²) in [4.78, 5) is 35.7. The first kappa shape index (κ1) is 19.7. The van der Waals surface area contributed by atoms with Crippen molar-refractivity contribution in [2.45, 2.75) is 13.1 Å². The summed E-state index contributed by atoms with van der Waals surface area (Å²) >= 11 is 1.24. The third-order valence-corrected chi connectivity index (χ3v) is 5.53. The zero-order chi connectivity index (χ0) is 21.1. The third-order valence-electron chi connectivity index (χ3n) is 4.38. The van der Waals surface area contributed by atoms with Crippen LogP contribution in [0.3, 0.4) is 0 Å². The molecule has 0 spiro atoms. The SMILES string of the molecule is CN(Cc1ccccc1)c1nc2ncn(CC(=O)Nc3cccc(F)c3)c(=O)c2s1. The highest BCUT2D eigenvalue weighted by molar-refractivity contribution is 7.22. The molecule has 0 saturated carbocycles. The molecule has 2 heterocycles. The van der Waals surface area contributed by atoms with Gasteiger partial charge in [0.1, 0.15) is 23.4 Å². The molecule has 0 aliphatic rings. The van der Waals surface area contributed by atoms with Crippen LogP contribution < -0.4 is 15.8 Å². The molecular weight excluding hydrogens is 405 g/mol. The van der Waals surface area contributed by atoms with Crippen molar-refractivity contribution in [3.8, 4) is 0 Å². The molecule has 1 amide bonds. The van der Waals surface area contributed by atoms with Gasteiger partial charge in [0, 0.05) is 19.3 Å². The van der Waals surface area contributed by atoms with E-state index in [0.29, 0.717) is 27.7 Å². The molecule has 0 aliphatic carbocycles. The first-order chi connectivity index (χ1) is 14.5. The Labute approximate surface area is 175 Å². The van der Waals surface area contributed by atoms with Gasteiger partial charge in [-0.25, -0.2) is 9.37 Å². The zero-order valence-corrected chi connectivity index (χ0v) is 16.9. The molecular formula is C21H18FN5O2S. The van der Waals surface area contributed by atoms with Gasteiger partial charge in [-0.05, 0) is 23.8 Å². The normalized spacial score (nSPS) is 10.9. The van der Waals surface area contributed by atoms with Crippen LogP contribution in [0.15, 0.2) is 65.7 Å². The molecule has 2 aromatic heterocycles. The van der Waals surface area contributed by atoms with E-state index in [-0.39, 0.29) is 12.1 Å². The van der Waals surface area contributed by atoms with Crippen LogP contribution in [0.25, 0.3) is 10.3 Å². The minimum Gasteiger partial charge on any atom is -0.347 e. The molecule has 0 atom stereocenters. The number of halogens is 1. The van der Waals surface area contributed by atoms with E-state index < -0.39 is 11.7 Å². The monoisotopic (exact) mass is 423 g/mol. The molecule has 0 saturated heterocycles. The van der Waals surface area contributed by atoms with Gasteiger partial charge in [-0.3, -0.25) is 14.2 Å². The number of hydrogen-bond acceptors (Lipinski definition) is 6. The van der Waals surface area contributed by atoms with Gasteiger partial charge in [0.05, 0.1) is 0 Å². The van der Waals surface area contributed by atoms with Crippen LogP contribution >= 0.6 is 11.3 Å². The van der Waals surface area contributed by atoms with Crippen molar-refractivity contribution < 1.29 is 9.18 Å². The van der Waals surface area contributed by atoms with Crippen molar-refractivity contribution >= 4 is 38.4 Å². The second-order valence-electron chi connectivity index (χ2n) is 6.73. The minimum absolute atomic E-state index is 0.231. The largest absolute Gasteiger partial charge is 0.347 e. The van der Waals surface area contributed by atoms with Gasteiger partial charge in [0.2, 0.25) is 5.91 Å². The van der Waals surface area contributed by atoms with Gasteiger partial charge in [-0.15, -0.1) is 0 Å². The number of nitrogens with zero attached hydrogens (tertiary/aromatic N) is 4. The van der Waals surface area contributed by atoms with Crippen LogP contribution in [0.1, 0.15) is 5.56 Å². The summed E-state index contributed by atoms with van der Waals surface area (Å²) in [5.41, 5.74) is 1.45. The molecule has 0 fully saturated rings. The van der Waals surface area contributed by atoms with Crippen molar-refractivity contribution in [3.05, 3.63) is 82.7 Å². The van der Waals surface area contributed by atoms with E-state index in [4.69, 9.17) is 0 Å². The Balaban J connectivity index is 1.52. The molecule has 7 nitrogen and oxygen atoms in total. The van der Waals surface area contributed by atoms with Gasteiger partial charge >= 0.3 is 0 Å². The van der Waals surface area contributed by atoms with E-state index in [1.54, 1.807) is 6.07 Å². The predicted molar refractivity (Wildman–Crippen MR) is 115 cm³/mol. The van der Waals surface area contributed by atoms with Gasteiger partial charge in [0.15, 0.2) is 10.8 Å². The third kappa shape index (κ3) is 4.36. The number of carbonyl (C=O) groups excluding carboxylic acids is 1. The molecule has 0 aliphatic heterocycles. The number of nitrogens with one attached hydrogen (secondary N) is 1. The van der Waals surface area contributed by atoms with Crippen molar-refractivity contribution in [1.82, 2.24) is 14.5 Å². The van der Waals surface area contributed by atoms with E-state index in [2.05, 4.69) is 15.3 Å². The summed E-state index contributed by atoms with van der Waals surface area (Å²) < 4.78 is 14.9. The number of amides is 1. The van der Waals surface area contributed by atoms with Crippen molar-refractivity contribution in [1.29, 1.82) is 0 Å². The first-order valence-electron chi connectivity index (χ1n) is 9.16. The molecule has 0 bridgehead atoms. The van der Waals surface area contributed by atoms with Gasteiger partial charge in [-0.1, -0.05) is 47.7 Å². The van der Waals surface area contributed by atoms with Crippen LogP contribution in [-0.4, -0.2) is 27.5 Å². The lowest BCUT2D eigenvalue weighted by molar-refractivity contribution is -0.116. The van der Waals surface area contributed by atoms with E-state index in [0.717, 1.165) is 5.56 Å². The summed E-state index contributed by atoms with van der Waals surface area (Å²) in [6, 6.07) is 15.5. The van der Waals surface area contributed by atoms with Crippen LogP contribution in [0.2, 0.25) is 0 Å². The number of carbonyl (C=O) groups is 1. The Morgan fingerprint density at radius 3 is 2.77 bits per heavy atom. The van der Waals surface area contributed by atoms with Crippen LogP contribution in [0.4, 0.5) is 15.2 Å². The number of aromatic nitrogens is 3. The van der Waals surface area contributed by atoms with Gasteiger partial charge < -0.3 is 10.2 Å². The molecule has 4 aromatic rings. The Morgan fingerprint density at radius 1 is 1.20 bits per heavy atom. The number of anilines is 2. The second kappa shape index (κ2) is 8.42. The highest BCUT2D eigenvalue weighted by Gasteiger charge is 2.15. The molecule has 0 radical (unpaired) electrons. The van der Waals surface area contributed by atoms with Gasteiger partial charge in [-0.2, -0.15) is 4.98 Å². The summed E-state index contributed by atoms with van der Waals surface area (Å²) in [7, 11) is 1.90. The average molecular weight is 423 g/mol. The lowest BCUT2D eigenvalue weighted by Gasteiger charge is -2.15. The molecule has 2 aromatic carbocycles. The summed E-state index contributed by atoms with van der Waals surface area (Å²) in [6.07, 6.45) is 1.30.